The van der Waals surface area contributed by atoms with E-state index in [0.717, 1.165) is 42.4 Å². The highest BCUT2D eigenvalue weighted by Gasteiger charge is 2.35. The number of alkyl halides is 3. The predicted molar refractivity (Wildman–Crippen MR) is 141 cm³/mol. The SMILES string of the molecule is CN(C)c1nc(NC[C@H]2CC[C@H](CNS(=O)(=O)c3ccc(C(F)(F)F)cc3[N+](=O)[O-])CC2)nc2ccccc12. The maximum atomic E-state index is 12.9. The zero-order chi connectivity index (χ0) is 28.4. The van der Waals surface area contributed by atoms with Crippen LogP contribution in [0, 0.1) is 22.0 Å². The third-order valence-corrected chi connectivity index (χ3v) is 8.33. The van der Waals surface area contributed by atoms with Crippen molar-refractivity contribution in [2.24, 2.45) is 11.8 Å². The van der Waals surface area contributed by atoms with E-state index >= 15 is 0 Å². The Morgan fingerprint density at radius 2 is 1.67 bits per heavy atom. The number of fused-ring (bicyclic) bond motifs is 1. The number of hydrogen-bond donors (Lipinski definition) is 2. The molecule has 0 amide bonds. The van der Waals surface area contributed by atoms with Crippen LogP contribution >= 0.6 is 0 Å². The summed E-state index contributed by atoms with van der Waals surface area (Å²) in [6, 6.07) is 9.16. The largest absolute Gasteiger partial charge is 0.416 e. The van der Waals surface area contributed by atoms with E-state index in [9.17, 15) is 31.7 Å². The van der Waals surface area contributed by atoms with Gasteiger partial charge >= 0.3 is 6.18 Å². The zero-order valence-corrected chi connectivity index (χ0v) is 22.2. The number of nitrogens with one attached hydrogen (secondary N) is 2. The first-order valence-electron chi connectivity index (χ1n) is 12.4. The molecule has 39 heavy (non-hydrogen) atoms. The van der Waals surface area contributed by atoms with Crippen LogP contribution in [0.4, 0.5) is 30.6 Å². The summed E-state index contributed by atoms with van der Waals surface area (Å²) >= 11 is 0. The van der Waals surface area contributed by atoms with Crippen LogP contribution in [0.5, 0.6) is 0 Å². The fraction of sp³-hybridized carbons (Fsp3) is 0.440. The lowest BCUT2D eigenvalue weighted by molar-refractivity contribution is -0.388. The molecule has 1 aromatic heterocycles. The number of nitro benzene ring substituents is 1. The molecule has 0 radical (unpaired) electrons. The highest BCUT2D eigenvalue weighted by atomic mass is 32.2. The normalized spacial score (nSPS) is 18.2. The van der Waals surface area contributed by atoms with Crippen molar-refractivity contribution in [3.05, 3.63) is 58.1 Å². The van der Waals surface area contributed by atoms with E-state index in [0.29, 0.717) is 30.5 Å². The number of hydrogen-bond acceptors (Lipinski definition) is 8. The summed E-state index contributed by atoms with van der Waals surface area (Å²) in [6.45, 7) is 0.696. The second-order valence-electron chi connectivity index (χ2n) is 9.84. The summed E-state index contributed by atoms with van der Waals surface area (Å²) in [5.74, 6) is 1.67. The van der Waals surface area contributed by atoms with E-state index in [1.807, 2.05) is 43.3 Å². The average molecular weight is 567 g/mol. The molecule has 1 heterocycles. The van der Waals surface area contributed by atoms with Gasteiger partial charge in [0.1, 0.15) is 5.82 Å². The lowest BCUT2D eigenvalue weighted by Crippen LogP contribution is -2.32. The predicted octanol–water partition coefficient (Wildman–Crippen LogP) is 4.82. The first-order valence-corrected chi connectivity index (χ1v) is 13.9. The number of rotatable bonds is 9. The van der Waals surface area contributed by atoms with E-state index in [-0.39, 0.29) is 18.5 Å². The number of para-hydroxylation sites is 1. The smallest absolute Gasteiger partial charge is 0.362 e. The van der Waals surface area contributed by atoms with E-state index in [4.69, 9.17) is 0 Å². The summed E-state index contributed by atoms with van der Waals surface area (Å²) < 4.78 is 66.6. The Kier molecular flexibility index (Phi) is 8.25. The first kappa shape index (κ1) is 28.5. The Balaban J connectivity index is 1.33. The number of aromatic nitrogens is 2. The second-order valence-corrected chi connectivity index (χ2v) is 11.6. The summed E-state index contributed by atoms with van der Waals surface area (Å²) in [5, 5.41) is 15.6. The van der Waals surface area contributed by atoms with Crippen LogP contribution in [-0.2, 0) is 16.2 Å². The Morgan fingerprint density at radius 3 is 2.28 bits per heavy atom. The molecule has 0 spiro atoms. The molecular formula is C25H29F3N6O4S. The lowest BCUT2D eigenvalue weighted by atomic mass is 9.82. The fourth-order valence-corrected chi connectivity index (χ4v) is 5.99. The molecule has 1 fully saturated rings. The molecule has 0 unspecified atom stereocenters. The van der Waals surface area contributed by atoms with Crippen molar-refractivity contribution in [3.8, 4) is 0 Å². The third-order valence-electron chi connectivity index (χ3n) is 6.86. The molecule has 0 bridgehead atoms. The molecule has 0 atom stereocenters. The van der Waals surface area contributed by atoms with Crippen molar-refractivity contribution in [1.82, 2.24) is 14.7 Å². The summed E-state index contributed by atoms with van der Waals surface area (Å²) in [7, 11) is -0.537. The van der Waals surface area contributed by atoms with Gasteiger partial charge < -0.3 is 10.2 Å². The van der Waals surface area contributed by atoms with Crippen LogP contribution < -0.4 is 14.9 Å². The average Bonchev–Trinajstić information content (AvgIpc) is 2.90. The van der Waals surface area contributed by atoms with Gasteiger partial charge in [0.05, 0.1) is 16.0 Å². The molecule has 3 aromatic rings. The summed E-state index contributed by atoms with van der Waals surface area (Å²) in [4.78, 5) is 20.6. The van der Waals surface area contributed by atoms with Gasteiger partial charge in [-0.25, -0.2) is 18.1 Å². The van der Waals surface area contributed by atoms with Crippen LogP contribution in [0.15, 0.2) is 47.4 Å². The van der Waals surface area contributed by atoms with Gasteiger partial charge in [-0.1, -0.05) is 12.1 Å². The minimum absolute atomic E-state index is 0.00166. The molecule has 1 aliphatic rings. The van der Waals surface area contributed by atoms with Crippen molar-refractivity contribution < 1.29 is 26.5 Å². The molecule has 0 aliphatic heterocycles. The molecule has 0 saturated heterocycles. The minimum atomic E-state index is -4.83. The van der Waals surface area contributed by atoms with Crippen molar-refractivity contribution in [1.29, 1.82) is 0 Å². The molecule has 1 saturated carbocycles. The molecule has 2 aromatic carbocycles. The summed E-state index contributed by atoms with van der Waals surface area (Å²) in [6.07, 6.45) is -1.72. The van der Waals surface area contributed by atoms with Crippen LogP contribution in [0.3, 0.4) is 0 Å². The minimum Gasteiger partial charge on any atom is -0.362 e. The maximum Gasteiger partial charge on any atom is 0.416 e. The molecule has 10 nitrogen and oxygen atoms in total. The molecular weight excluding hydrogens is 537 g/mol. The third kappa shape index (κ3) is 6.74. The quantitative estimate of drug-likeness (QED) is 0.279. The van der Waals surface area contributed by atoms with E-state index in [2.05, 4.69) is 20.0 Å². The summed E-state index contributed by atoms with van der Waals surface area (Å²) in [5.41, 5.74) is -1.56. The highest BCUT2D eigenvalue weighted by molar-refractivity contribution is 7.89. The van der Waals surface area contributed by atoms with E-state index < -0.39 is 37.3 Å². The van der Waals surface area contributed by atoms with Gasteiger partial charge in [-0.2, -0.15) is 18.2 Å². The number of nitro groups is 1. The highest BCUT2D eigenvalue weighted by Crippen LogP contribution is 2.35. The van der Waals surface area contributed by atoms with Gasteiger partial charge in [-0.15, -0.1) is 0 Å². The maximum absolute atomic E-state index is 12.9. The van der Waals surface area contributed by atoms with Crippen LogP contribution in [0.25, 0.3) is 10.9 Å². The van der Waals surface area contributed by atoms with Crippen molar-refractivity contribution in [3.63, 3.8) is 0 Å². The second kappa shape index (κ2) is 11.3. The van der Waals surface area contributed by atoms with Gasteiger partial charge in [0.15, 0.2) is 4.90 Å². The Bertz CT molecular complexity index is 1460. The van der Waals surface area contributed by atoms with Gasteiger partial charge in [-0.3, -0.25) is 10.1 Å². The molecule has 14 heteroatoms. The van der Waals surface area contributed by atoms with Crippen LogP contribution in [0.2, 0.25) is 0 Å². The first-order chi connectivity index (χ1) is 18.3. The van der Waals surface area contributed by atoms with Crippen molar-refractivity contribution in [2.45, 2.75) is 36.8 Å². The van der Waals surface area contributed by atoms with Crippen LogP contribution in [0.1, 0.15) is 31.2 Å². The number of nitrogens with zero attached hydrogens (tertiary/aromatic N) is 4. The van der Waals surface area contributed by atoms with Gasteiger partial charge in [-0.05, 0) is 61.8 Å². The van der Waals surface area contributed by atoms with E-state index in [1.54, 1.807) is 0 Å². The topological polar surface area (TPSA) is 130 Å². The molecule has 2 N–H and O–H groups in total. The van der Waals surface area contributed by atoms with Gasteiger partial charge in [0, 0.05) is 38.6 Å². The fourth-order valence-electron chi connectivity index (χ4n) is 4.72. The Hall–Kier alpha value is -3.52. The molecule has 210 valence electrons. The standard InChI is InChI=1S/C25H29F3N6O4S/c1-33(2)23-19-5-3-4-6-20(19)31-24(32-23)29-14-16-7-9-17(10-8-16)15-30-39(37,38)22-12-11-18(25(26,27)28)13-21(22)34(35)36/h3-6,11-13,16-17,30H,7-10,14-15H2,1-2H3,(H,29,31,32)/t16-,17-. The zero-order valence-electron chi connectivity index (χ0n) is 21.4. The Morgan fingerprint density at radius 1 is 1.03 bits per heavy atom. The number of halogens is 3. The van der Waals surface area contributed by atoms with Crippen molar-refractivity contribution in [2.75, 3.05) is 37.4 Å². The number of sulfonamides is 1. The van der Waals surface area contributed by atoms with Gasteiger partial charge in [0.2, 0.25) is 16.0 Å². The molecule has 4 rings (SSSR count). The van der Waals surface area contributed by atoms with Crippen LogP contribution in [-0.4, -0.2) is 50.5 Å². The number of benzene rings is 2. The van der Waals surface area contributed by atoms with E-state index in [1.165, 1.54) is 0 Å². The van der Waals surface area contributed by atoms with Crippen molar-refractivity contribution >= 4 is 38.4 Å². The Labute approximate surface area is 223 Å². The van der Waals surface area contributed by atoms with Gasteiger partial charge in [0.25, 0.3) is 5.69 Å². The lowest BCUT2D eigenvalue weighted by Gasteiger charge is -2.28. The monoisotopic (exact) mass is 566 g/mol. The number of anilines is 2. The molecule has 1 aliphatic carbocycles.